The molecular formula is C19H30N4O3S. The number of nitrogens with one attached hydrogen (secondary N) is 2. The van der Waals surface area contributed by atoms with Gasteiger partial charge >= 0.3 is 0 Å². The Morgan fingerprint density at radius 3 is 2.81 bits per heavy atom. The number of rotatable bonds is 6. The van der Waals surface area contributed by atoms with E-state index in [4.69, 9.17) is 4.74 Å². The second-order valence-corrected chi connectivity index (χ2v) is 9.27. The monoisotopic (exact) mass is 394 g/mol. The third-order valence-corrected chi connectivity index (χ3v) is 7.12. The zero-order valence-corrected chi connectivity index (χ0v) is 17.0. The Hall–Kier alpha value is -1.80. The van der Waals surface area contributed by atoms with Crippen LogP contribution in [0.2, 0.25) is 0 Å². The fourth-order valence-electron chi connectivity index (χ4n) is 3.57. The number of ether oxygens (including phenoxy) is 1. The molecule has 0 unspecified atom stereocenters. The minimum atomic E-state index is -3.08. The Morgan fingerprint density at radius 2 is 2.11 bits per heavy atom. The number of nitrogens with zero attached hydrogens (tertiary/aromatic N) is 2. The van der Waals surface area contributed by atoms with Crippen LogP contribution in [0.25, 0.3) is 0 Å². The van der Waals surface area contributed by atoms with Gasteiger partial charge in [-0.2, -0.15) is 0 Å². The van der Waals surface area contributed by atoms with Crippen molar-refractivity contribution in [2.24, 2.45) is 4.99 Å². The van der Waals surface area contributed by atoms with Crippen molar-refractivity contribution < 1.29 is 13.2 Å². The second-order valence-electron chi connectivity index (χ2n) is 7.01. The maximum Gasteiger partial charge on any atom is 0.213 e. The molecule has 150 valence electrons. The van der Waals surface area contributed by atoms with Crippen molar-refractivity contribution in [2.45, 2.75) is 38.6 Å². The van der Waals surface area contributed by atoms with E-state index in [1.165, 1.54) is 11.1 Å². The SMILES string of the molecule is CCS(=O)(=O)N1CCC(NC(=NC)NCCc2ccc3c(c2)CCO3)CC1. The Labute approximate surface area is 162 Å². The lowest BCUT2D eigenvalue weighted by Gasteiger charge is -2.32. The highest BCUT2D eigenvalue weighted by Crippen LogP contribution is 2.25. The molecule has 3 rings (SSSR count). The zero-order valence-electron chi connectivity index (χ0n) is 16.2. The molecule has 0 saturated carbocycles. The topological polar surface area (TPSA) is 83.0 Å². The van der Waals surface area contributed by atoms with Crippen LogP contribution in [0.3, 0.4) is 0 Å². The molecule has 2 N–H and O–H groups in total. The molecule has 0 bridgehead atoms. The molecule has 0 amide bonds. The van der Waals surface area contributed by atoms with Gasteiger partial charge in [-0.3, -0.25) is 4.99 Å². The van der Waals surface area contributed by atoms with E-state index < -0.39 is 10.0 Å². The van der Waals surface area contributed by atoms with Crippen molar-refractivity contribution >= 4 is 16.0 Å². The summed E-state index contributed by atoms with van der Waals surface area (Å²) < 4.78 is 31.0. The number of guanidine groups is 1. The molecule has 1 fully saturated rings. The summed E-state index contributed by atoms with van der Waals surface area (Å²) in [5.41, 5.74) is 2.59. The van der Waals surface area contributed by atoms with E-state index in [0.717, 1.165) is 50.5 Å². The number of fused-ring (bicyclic) bond motifs is 1. The first-order valence-corrected chi connectivity index (χ1v) is 11.3. The Kier molecular flexibility index (Phi) is 6.59. The third kappa shape index (κ3) is 5.13. The first-order valence-electron chi connectivity index (χ1n) is 9.71. The molecule has 0 atom stereocenters. The van der Waals surface area contributed by atoms with E-state index in [1.807, 2.05) is 0 Å². The molecule has 0 spiro atoms. The molecule has 0 aromatic heterocycles. The van der Waals surface area contributed by atoms with Crippen LogP contribution in [0.15, 0.2) is 23.2 Å². The van der Waals surface area contributed by atoms with Crippen LogP contribution in [-0.4, -0.2) is 63.8 Å². The maximum atomic E-state index is 11.9. The first kappa shape index (κ1) is 19.9. The lowest BCUT2D eigenvalue weighted by Crippen LogP contribution is -2.50. The summed E-state index contributed by atoms with van der Waals surface area (Å²) in [6, 6.07) is 6.65. The molecule has 0 radical (unpaired) electrons. The number of sulfonamides is 1. The van der Waals surface area contributed by atoms with Gasteiger partial charge in [-0.25, -0.2) is 12.7 Å². The number of aliphatic imine (C=N–C) groups is 1. The van der Waals surface area contributed by atoms with Crippen molar-refractivity contribution in [3.05, 3.63) is 29.3 Å². The number of piperidine rings is 1. The first-order chi connectivity index (χ1) is 13.0. The van der Waals surface area contributed by atoms with Gasteiger partial charge in [-0.1, -0.05) is 12.1 Å². The van der Waals surface area contributed by atoms with E-state index in [1.54, 1.807) is 18.3 Å². The highest BCUT2D eigenvalue weighted by atomic mass is 32.2. The van der Waals surface area contributed by atoms with Gasteiger partial charge in [0, 0.05) is 39.1 Å². The molecule has 1 saturated heterocycles. The Morgan fingerprint density at radius 1 is 1.33 bits per heavy atom. The van der Waals surface area contributed by atoms with Gasteiger partial charge in [0.1, 0.15) is 5.75 Å². The van der Waals surface area contributed by atoms with Crippen LogP contribution in [0.5, 0.6) is 5.75 Å². The van der Waals surface area contributed by atoms with Crippen molar-refractivity contribution in [2.75, 3.05) is 39.0 Å². The number of benzene rings is 1. The molecule has 27 heavy (non-hydrogen) atoms. The summed E-state index contributed by atoms with van der Waals surface area (Å²) >= 11 is 0. The summed E-state index contributed by atoms with van der Waals surface area (Å²) in [4.78, 5) is 4.30. The second kappa shape index (κ2) is 8.93. The quantitative estimate of drug-likeness (QED) is 0.559. The molecular weight excluding hydrogens is 364 g/mol. The fraction of sp³-hybridized carbons (Fsp3) is 0.632. The maximum absolute atomic E-state index is 11.9. The van der Waals surface area contributed by atoms with Crippen molar-refractivity contribution in [3.8, 4) is 5.75 Å². The Balaban J connectivity index is 1.42. The van der Waals surface area contributed by atoms with Gasteiger partial charge in [0.2, 0.25) is 10.0 Å². The van der Waals surface area contributed by atoms with Gasteiger partial charge in [0.25, 0.3) is 0 Å². The summed E-state index contributed by atoms with van der Waals surface area (Å²) in [6.07, 6.45) is 3.50. The third-order valence-electron chi connectivity index (χ3n) is 5.24. The highest BCUT2D eigenvalue weighted by Gasteiger charge is 2.26. The normalized spacial score (nSPS) is 18.8. The van der Waals surface area contributed by atoms with Crippen LogP contribution < -0.4 is 15.4 Å². The molecule has 2 aliphatic rings. The molecule has 0 aliphatic carbocycles. The lowest BCUT2D eigenvalue weighted by atomic mass is 10.1. The molecule has 8 heteroatoms. The fourth-order valence-corrected chi connectivity index (χ4v) is 4.70. The van der Waals surface area contributed by atoms with E-state index in [9.17, 15) is 8.42 Å². The van der Waals surface area contributed by atoms with Gasteiger partial charge in [0.15, 0.2) is 5.96 Å². The van der Waals surface area contributed by atoms with Gasteiger partial charge in [0.05, 0.1) is 12.4 Å². The average Bonchev–Trinajstić information content (AvgIpc) is 3.15. The summed E-state index contributed by atoms with van der Waals surface area (Å²) in [7, 11) is -1.31. The zero-order chi connectivity index (χ0) is 19.3. The molecule has 2 aliphatic heterocycles. The molecule has 1 aromatic carbocycles. The minimum absolute atomic E-state index is 0.170. The smallest absolute Gasteiger partial charge is 0.213 e. The van der Waals surface area contributed by atoms with Crippen LogP contribution >= 0.6 is 0 Å². The largest absolute Gasteiger partial charge is 0.493 e. The summed E-state index contributed by atoms with van der Waals surface area (Å²) in [5, 5.41) is 6.78. The van der Waals surface area contributed by atoms with Crippen LogP contribution in [0.1, 0.15) is 30.9 Å². The van der Waals surface area contributed by atoms with Gasteiger partial charge in [-0.05, 0) is 43.4 Å². The van der Waals surface area contributed by atoms with Gasteiger partial charge in [-0.15, -0.1) is 0 Å². The number of hydrogen-bond acceptors (Lipinski definition) is 4. The van der Waals surface area contributed by atoms with E-state index in [-0.39, 0.29) is 11.8 Å². The van der Waals surface area contributed by atoms with Crippen LogP contribution in [0.4, 0.5) is 0 Å². The molecule has 1 aromatic rings. The predicted molar refractivity (Wildman–Crippen MR) is 108 cm³/mol. The predicted octanol–water partition coefficient (Wildman–Crippen LogP) is 1.14. The van der Waals surface area contributed by atoms with Crippen molar-refractivity contribution in [1.82, 2.24) is 14.9 Å². The van der Waals surface area contributed by atoms with Crippen molar-refractivity contribution in [1.29, 1.82) is 0 Å². The van der Waals surface area contributed by atoms with Crippen LogP contribution in [0, 0.1) is 0 Å². The molecule has 7 nitrogen and oxygen atoms in total. The van der Waals surface area contributed by atoms with E-state index in [2.05, 4.69) is 33.8 Å². The summed E-state index contributed by atoms with van der Waals surface area (Å²) in [6.45, 7) is 4.41. The van der Waals surface area contributed by atoms with Gasteiger partial charge < -0.3 is 15.4 Å². The highest BCUT2D eigenvalue weighted by molar-refractivity contribution is 7.89. The average molecular weight is 395 g/mol. The lowest BCUT2D eigenvalue weighted by molar-refractivity contribution is 0.306. The van der Waals surface area contributed by atoms with E-state index >= 15 is 0 Å². The number of hydrogen-bond donors (Lipinski definition) is 2. The van der Waals surface area contributed by atoms with E-state index in [0.29, 0.717) is 13.1 Å². The minimum Gasteiger partial charge on any atom is -0.493 e. The van der Waals surface area contributed by atoms with Crippen molar-refractivity contribution in [3.63, 3.8) is 0 Å². The van der Waals surface area contributed by atoms with Crippen LogP contribution in [-0.2, 0) is 22.9 Å². The Bertz CT molecular complexity index is 771. The summed E-state index contributed by atoms with van der Waals surface area (Å²) in [5.74, 6) is 1.96. The standard InChI is InChI=1S/C19H30N4O3S/c1-3-27(24,25)23-11-7-17(8-12-23)22-19(20-2)21-10-6-15-4-5-18-16(14-15)9-13-26-18/h4-5,14,17H,3,6-13H2,1-2H3,(H2,20,21,22). The molecule has 2 heterocycles.